The van der Waals surface area contributed by atoms with Gasteiger partial charge in [0.15, 0.2) is 5.78 Å². The molecule has 1 aromatic rings. The number of hydrogen-bond acceptors (Lipinski definition) is 5. The van der Waals surface area contributed by atoms with E-state index in [1.54, 1.807) is 45.0 Å². The molecule has 0 saturated carbocycles. The van der Waals surface area contributed by atoms with Gasteiger partial charge in [0, 0.05) is 16.5 Å². The molecule has 23 heavy (non-hydrogen) atoms. The van der Waals surface area contributed by atoms with Gasteiger partial charge >= 0.3 is 11.9 Å². The molecule has 124 valence electrons. The Morgan fingerprint density at radius 2 is 1.43 bits per heavy atom. The van der Waals surface area contributed by atoms with E-state index in [-0.39, 0.29) is 31.0 Å². The van der Waals surface area contributed by atoms with Crippen LogP contribution in [0.4, 0.5) is 0 Å². The minimum absolute atomic E-state index is 0.0609. The van der Waals surface area contributed by atoms with Gasteiger partial charge in [-0.1, -0.05) is 28.1 Å². The highest BCUT2D eigenvalue weighted by molar-refractivity contribution is 9.10. The van der Waals surface area contributed by atoms with Crippen molar-refractivity contribution in [3.05, 3.63) is 45.4 Å². The van der Waals surface area contributed by atoms with E-state index in [4.69, 9.17) is 9.47 Å². The second-order valence-electron chi connectivity index (χ2n) is 4.70. The number of carbonyl (C=O) groups excluding carboxylic acids is 3. The summed E-state index contributed by atoms with van der Waals surface area (Å²) in [4.78, 5) is 36.2. The van der Waals surface area contributed by atoms with E-state index in [2.05, 4.69) is 15.9 Å². The van der Waals surface area contributed by atoms with Crippen molar-refractivity contribution in [2.24, 2.45) is 0 Å². The summed E-state index contributed by atoms with van der Waals surface area (Å²) in [6, 6.07) is 6.86. The minimum Gasteiger partial charge on any atom is -0.462 e. The number of benzene rings is 1. The third-order valence-corrected chi connectivity index (χ3v) is 3.51. The quantitative estimate of drug-likeness (QED) is 0.237. The molecule has 0 spiro atoms. The van der Waals surface area contributed by atoms with Gasteiger partial charge < -0.3 is 9.47 Å². The molecule has 0 aromatic heterocycles. The molecule has 0 aliphatic rings. The van der Waals surface area contributed by atoms with Crippen molar-refractivity contribution in [1.29, 1.82) is 0 Å². The van der Waals surface area contributed by atoms with Crippen LogP contribution in [0, 0.1) is 0 Å². The fraction of sp³-hybridized carbons (Fsp3) is 0.353. The van der Waals surface area contributed by atoms with Crippen LogP contribution in [-0.2, 0) is 19.1 Å². The van der Waals surface area contributed by atoms with Crippen LogP contribution in [0.25, 0.3) is 0 Å². The third-order valence-electron chi connectivity index (χ3n) is 2.98. The molecule has 0 heterocycles. The summed E-state index contributed by atoms with van der Waals surface area (Å²) in [5.74, 6) is -1.74. The summed E-state index contributed by atoms with van der Waals surface area (Å²) >= 11 is 3.30. The number of halogens is 1. The molecule has 0 aliphatic heterocycles. The SMILES string of the molecule is CCOC(=O)C(C(=O)OCC)=C(C)CC(=O)c1ccc(Br)cc1. The summed E-state index contributed by atoms with van der Waals surface area (Å²) in [6.45, 7) is 5.11. The van der Waals surface area contributed by atoms with Crippen molar-refractivity contribution >= 4 is 33.7 Å². The van der Waals surface area contributed by atoms with E-state index in [9.17, 15) is 14.4 Å². The monoisotopic (exact) mass is 382 g/mol. The molecule has 0 amide bonds. The Balaban J connectivity index is 3.04. The highest BCUT2D eigenvalue weighted by Gasteiger charge is 2.25. The van der Waals surface area contributed by atoms with Crippen LogP contribution in [0.2, 0.25) is 0 Å². The molecule has 0 unspecified atom stereocenters. The number of esters is 2. The van der Waals surface area contributed by atoms with E-state index in [1.165, 1.54) is 0 Å². The van der Waals surface area contributed by atoms with Gasteiger partial charge in [-0.15, -0.1) is 0 Å². The summed E-state index contributed by atoms with van der Waals surface area (Å²) in [6.07, 6.45) is -0.0609. The molecular weight excluding hydrogens is 364 g/mol. The normalized spacial score (nSPS) is 9.91. The van der Waals surface area contributed by atoms with Crippen LogP contribution in [0.1, 0.15) is 37.6 Å². The van der Waals surface area contributed by atoms with Crippen LogP contribution in [0.3, 0.4) is 0 Å². The minimum atomic E-state index is -0.771. The van der Waals surface area contributed by atoms with Gasteiger partial charge in [-0.3, -0.25) is 4.79 Å². The fourth-order valence-corrected chi connectivity index (χ4v) is 2.17. The number of rotatable bonds is 7. The lowest BCUT2D eigenvalue weighted by Crippen LogP contribution is -2.21. The van der Waals surface area contributed by atoms with Crippen LogP contribution in [0.5, 0.6) is 0 Å². The first kappa shape index (κ1) is 19.1. The lowest BCUT2D eigenvalue weighted by molar-refractivity contribution is -0.146. The second-order valence-corrected chi connectivity index (χ2v) is 5.62. The van der Waals surface area contributed by atoms with E-state index >= 15 is 0 Å². The van der Waals surface area contributed by atoms with E-state index in [0.717, 1.165) is 4.47 Å². The molecular formula is C17H19BrO5. The standard InChI is InChI=1S/C17H19BrO5/c1-4-22-16(20)15(17(21)23-5-2)11(3)10-14(19)12-6-8-13(18)9-7-12/h6-9H,4-5,10H2,1-3H3. The lowest BCUT2D eigenvalue weighted by Gasteiger charge is -2.10. The Morgan fingerprint density at radius 1 is 0.957 bits per heavy atom. The molecule has 0 fully saturated rings. The van der Waals surface area contributed by atoms with E-state index in [1.807, 2.05) is 0 Å². The van der Waals surface area contributed by atoms with Crippen molar-refractivity contribution in [2.45, 2.75) is 27.2 Å². The zero-order chi connectivity index (χ0) is 17.4. The molecule has 0 bridgehead atoms. The second kappa shape index (κ2) is 9.25. The van der Waals surface area contributed by atoms with Crippen molar-refractivity contribution in [3.63, 3.8) is 0 Å². The van der Waals surface area contributed by atoms with Crippen LogP contribution in [-0.4, -0.2) is 30.9 Å². The molecule has 0 atom stereocenters. The molecule has 0 saturated heterocycles. The average molecular weight is 383 g/mol. The largest absolute Gasteiger partial charge is 0.462 e. The molecule has 0 aliphatic carbocycles. The number of Topliss-reactive ketones (excluding diaryl/α,β-unsaturated/α-hetero) is 1. The molecule has 1 rings (SSSR count). The van der Waals surface area contributed by atoms with E-state index in [0.29, 0.717) is 11.1 Å². The van der Waals surface area contributed by atoms with Crippen LogP contribution in [0.15, 0.2) is 39.9 Å². The highest BCUT2D eigenvalue weighted by Crippen LogP contribution is 2.17. The van der Waals surface area contributed by atoms with Crippen molar-refractivity contribution in [1.82, 2.24) is 0 Å². The predicted octanol–water partition coefficient (Wildman–Crippen LogP) is 3.46. The maximum Gasteiger partial charge on any atom is 0.345 e. The Labute approximate surface area is 143 Å². The molecule has 5 nitrogen and oxygen atoms in total. The van der Waals surface area contributed by atoms with Gasteiger partial charge in [0.2, 0.25) is 0 Å². The first-order valence-electron chi connectivity index (χ1n) is 7.23. The Hall–Kier alpha value is -1.95. The average Bonchev–Trinajstić information content (AvgIpc) is 2.48. The van der Waals surface area contributed by atoms with Crippen molar-refractivity contribution in [3.8, 4) is 0 Å². The van der Waals surface area contributed by atoms with Crippen LogP contribution < -0.4 is 0 Å². The predicted molar refractivity (Wildman–Crippen MR) is 89.1 cm³/mol. The van der Waals surface area contributed by atoms with Gasteiger partial charge in [0.1, 0.15) is 5.57 Å². The number of ether oxygens (including phenoxy) is 2. The summed E-state index contributed by atoms with van der Waals surface area (Å²) in [5.41, 5.74) is 0.619. The van der Waals surface area contributed by atoms with Crippen LogP contribution >= 0.6 is 15.9 Å². The van der Waals surface area contributed by atoms with Crippen molar-refractivity contribution in [2.75, 3.05) is 13.2 Å². The lowest BCUT2D eigenvalue weighted by atomic mass is 10.00. The van der Waals surface area contributed by atoms with Gasteiger partial charge in [-0.05, 0) is 38.5 Å². The summed E-state index contributed by atoms with van der Waals surface area (Å²) in [7, 11) is 0. The van der Waals surface area contributed by atoms with Gasteiger partial charge in [-0.25, -0.2) is 9.59 Å². The Kier molecular flexibility index (Phi) is 7.68. The van der Waals surface area contributed by atoms with Crippen molar-refractivity contribution < 1.29 is 23.9 Å². The zero-order valence-electron chi connectivity index (χ0n) is 13.3. The number of hydrogen-bond donors (Lipinski definition) is 0. The molecule has 0 radical (unpaired) electrons. The smallest absolute Gasteiger partial charge is 0.345 e. The maximum absolute atomic E-state index is 12.3. The number of carbonyl (C=O) groups is 3. The van der Waals surface area contributed by atoms with Gasteiger partial charge in [0.25, 0.3) is 0 Å². The van der Waals surface area contributed by atoms with E-state index < -0.39 is 11.9 Å². The number of allylic oxidation sites excluding steroid dienone is 1. The summed E-state index contributed by atoms with van der Waals surface area (Å²) < 4.78 is 10.6. The Bertz CT molecular complexity index is 596. The highest BCUT2D eigenvalue weighted by atomic mass is 79.9. The first-order valence-corrected chi connectivity index (χ1v) is 8.02. The summed E-state index contributed by atoms with van der Waals surface area (Å²) in [5, 5.41) is 0. The van der Waals surface area contributed by atoms with Gasteiger partial charge in [-0.2, -0.15) is 0 Å². The van der Waals surface area contributed by atoms with Gasteiger partial charge in [0.05, 0.1) is 13.2 Å². The molecule has 1 aromatic carbocycles. The number of ketones is 1. The Morgan fingerprint density at radius 3 is 1.87 bits per heavy atom. The molecule has 6 heteroatoms. The maximum atomic E-state index is 12.3. The fourth-order valence-electron chi connectivity index (χ4n) is 1.91. The topological polar surface area (TPSA) is 69.7 Å². The zero-order valence-corrected chi connectivity index (χ0v) is 14.9. The first-order chi connectivity index (χ1) is 10.9. The third kappa shape index (κ3) is 5.63. The molecule has 0 N–H and O–H groups in total.